The molecule has 2 aromatic rings. The van der Waals surface area contributed by atoms with Gasteiger partial charge < -0.3 is 25.3 Å². The maximum absolute atomic E-state index is 13.1. The van der Waals surface area contributed by atoms with Gasteiger partial charge in [0.2, 0.25) is 0 Å². The van der Waals surface area contributed by atoms with E-state index in [-0.39, 0.29) is 35.7 Å². The maximum Gasteiger partial charge on any atom is 0.317 e. The number of carbonyl (C=O) groups is 2. The quantitative estimate of drug-likeness (QED) is 0.679. The van der Waals surface area contributed by atoms with E-state index < -0.39 is 0 Å². The molecular formula is C19H23N5O4S. The molecule has 0 aliphatic carbocycles. The fourth-order valence-corrected chi connectivity index (χ4v) is 6.03. The minimum absolute atomic E-state index is 0.0419. The van der Waals surface area contributed by atoms with Crippen molar-refractivity contribution in [2.24, 2.45) is 11.8 Å². The van der Waals surface area contributed by atoms with Crippen LogP contribution in [0, 0.1) is 18.8 Å². The molecule has 3 amide bonds. The molecule has 0 spiro atoms. The molecule has 3 aliphatic rings. The fraction of sp³-hybridized carbons (Fsp3) is 0.579. The molecule has 0 aromatic carbocycles. The fourth-order valence-electron chi connectivity index (χ4n) is 4.91. The lowest BCUT2D eigenvalue weighted by atomic mass is 9.80. The minimum Gasteiger partial charge on any atom is -0.358 e. The number of rotatable bonds is 2. The topological polar surface area (TPSA) is 116 Å². The van der Waals surface area contributed by atoms with Gasteiger partial charge in [0.25, 0.3) is 11.5 Å². The van der Waals surface area contributed by atoms with Crippen molar-refractivity contribution in [3.8, 4) is 0 Å². The molecule has 3 saturated heterocycles. The van der Waals surface area contributed by atoms with Crippen LogP contribution < -0.4 is 16.2 Å². The second kappa shape index (κ2) is 7.10. The number of H-pyrrole nitrogens is 1. The standard InChI is InChI=1S/C19H23N5O4S/c1-9-12-15(25)20-8-21-17(12)29-14(9)18(26)24-5-2-10(3-6-24)13-11-4-7-28-16(11)23-19(27)22-13/h8,10-11,13,16H,2-7H2,1H3,(H,20,21,25)(H2,22,23,27)/t11-,13-,16-/m0/s1. The van der Waals surface area contributed by atoms with Crippen LogP contribution in [0.2, 0.25) is 0 Å². The van der Waals surface area contributed by atoms with Gasteiger partial charge in [0, 0.05) is 31.7 Å². The Kier molecular flexibility index (Phi) is 4.54. The van der Waals surface area contributed by atoms with Gasteiger partial charge in [-0.15, -0.1) is 11.3 Å². The highest BCUT2D eigenvalue weighted by Crippen LogP contribution is 2.35. The van der Waals surface area contributed by atoms with Crippen molar-refractivity contribution < 1.29 is 14.3 Å². The third kappa shape index (κ3) is 3.10. The molecule has 0 unspecified atom stereocenters. The van der Waals surface area contributed by atoms with Crippen molar-refractivity contribution in [1.82, 2.24) is 25.5 Å². The third-order valence-corrected chi connectivity index (χ3v) is 7.62. The summed E-state index contributed by atoms with van der Waals surface area (Å²) in [4.78, 5) is 47.0. The normalized spacial score (nSPS) is 27.6. The number of aryl methyl sites for hydroxylation is 1. The van der Waals surface area contributed by atoms with E-state index in [9.17, 15) is 14.4 Å². The molecule has 154 valence electrons. The van der Waals surface area contributed by atoms with Gasteiger partial charge in [-0.05, 0) is 37.7 Å². The van der Waals surface area contributed by atoms with Gasteiger partial charge >= 0.3 is 6.03 Å². The average molecular weight is 417 g/mol. The largest absolute Gasteiger partial charge is 0.358 e. The maximum atomic E-state index is 13.1. The zero-order valence-corrected chi connectivity index (χ0v) is 16.9. The molecule has 3 fully saturated rings. The summed E-state index contributed by atoms with van der Waals surface area (Å²) in [7, 11) is 0. The van der Waals surface area contributed by atoms with E-state index in [4.69, 9.17) is 4.74 Å². The summed E-state index contributed by atoms with van der Waals surface area (Å²) in [5.41, 5.74) is 0.486. The van der Waals surface area contributed by atoms with Crippen LogP contribution in [0.5, 0.6) is 0 Å². The van der Waals surface area contributed by atoms with E-state index in [1.807, 2.05) is 4.90 Å². The van der Waals surface area contributed by atoms with Crippen molar-refractivity contribution in [3.05, 3.63) is 27.1 Å². The van der Waals surface area contributed by atoms with Crippen molar-refractivity contribution in [2.75, 3.05) is 19.7 Å². The zero-order valence-electron chi connectivity index (χ0n) is 16.1. The van der Waals surface area contributed by atoms with Crippen LogP contribution >= 0.6 is 11.3 Å². The van der Waals surface area contributed by atoms with E-state index in [0.717, 1.165) is 19.3 Å². The highest BCUT2D eigenvalue weighted by Gasteiger charge is 2.44. The summed E-state index contributed by atoms with van der Waals surface area (Å²) in [5.74, 6) is 0.565. The lowest BCUT2D eigenvalue weighted by Crippen LogP contribution is -2.62. The number of aromatic amines is 1. The van der Waals surface area contributed by atoms with Gasteiger partial charge in [-0.3, -0.25) is 9.59 Å². The van der Waals surface area contributed by atoms with E-state index in [0.29, 0.717) is 46.3 Å². The first-order chi connectivity index (χ1) is 14.0. The number of thiophene rings is 1. The molecule has 5 heterocycles. The molecule has 9 nitrogen and oxygen atoms in total. The van der Waals surface area contributed by atoms with Crippen LogP contribution in [0.1, 0.15) is 34.5 Å². The summed E-state index contributed by atoms with van der Waals surface area (Å²) in [6, 6.07) is -0.0856. The van der Waals surface area contributed by atoms with Crippen molar-refractivity contribution in [3.63, 3.8) is 0 Å². The van der Waals surface area contributed by atoms with Crippen LogP contribution in [0.3, 0.4) is 0 Å². The lowest BCUT2D eigenvalue weighted by Gasteiger charge is -2.42. The Hall–Kier alpha value is -2.46. The SMILES string of the molecule is Cc1c(C(=O)N2CCC([C@@H]3NC(=O)N[C@H]4OCC[C@H]43)CC2)sc2nc[nH]c(=O)c12. The number of hydrogen-bond acceptors (Lipinski definition) is 6. The van der Waals surface area contributed by atoms with Crippen LogP contribution in [-0.2, 0) is 4.74 Å². The van der Waals surface area contributed by atoms with Gasteiger partial charge in [-0.2, -0.15) is 0 Å². The summed E-state index contributed by atoms with van der Waals surface area (Å²) >= 11 is 1.28. The zero-order chi connectivity index (χ0) is 20.1. The minimum atomic E-state index is -0.212. The van der Waals surface area contributed by atoms with Gasteiger partial charge in [-0.25, -0.2) is 9.78 Å². The van der Waals surface area contributed by atoms with Gasteiger partial charge in [-0.1, -0.05) is 0 Å². The number of piperidine rings is 1. The van der Waals surface area contributed by atoms with Crippen LogP contribution in [-0.4, -0.2) is 58.8 Å². The summed E-state index contributed by atoms with van der Waals surface area (Å²) in [5, 5.41) is 6.44. The van der Waals surface area contributed by atoms with E-state index >= 15 is 0 Å². The number of urea groups is 1. The van der Waals surface area contributed by atoms with E-state index in [2.05, 4.69) is 20.6 Å². The number of carbonyl (C=O) groups excluding carboxylic acids is 2. The molecule has 3 atom stereocenters. The smallest absolute Gasteiger partial charge is 0.317 e. The number of hydrogen-bond donors (Lipinski definition) is 3. The molecule has 0 saturated carbocycles. The highest BCUT2D eigenvalue weighted by atomic mass is 32.1. The molecule has 29 heavy (non-hydrogen) atoms. The predicted molar refractivity (Wildman–Crippen MR) is 107 cm³/mol. The van der Waals surface area contributed by atoms with Gasteiger partial charge in [0.15, 0.2) is 0 Å². The van der Waals surface area contributed by atoms with Crippen molar-refractivity contribution >= 4 is 33.5 Å². The molecule has 5 rings (SSSR count). The second-order valence-electron chi connectivity index (χ2n) is 7.99. The van der Waals surface area contributed by atoms with Crippen LogP contribution in [0.4, 0.5) is 4.79 Å². The van der Waals surface area contributed by atoms with E-state index in [1.54, 1.807) is 6.92 Å². The predicted octanol–water partition coefficient (Wildman–Crippen LogP) is 1.19. The first-order valence-corrected chi connectivity index (χ1v) is 10.8. The highest BCUT2D eigenvalue weighted by molar-refractivity contribution is 7.20. The molecule has 3 N–H and O–H groups in total. The molecule has 0 bridgehead atoms. The van der Waals surface area contributed by atoms with Crippen LogP contribution in [0.15, 0.2) is 11.1 Å². The van der Waals surface area contributed by atoms with Crippen molar-refractivity contribution in [2.45, 2.75) is 38.5 Å². The molecule has 2 aromatic heterocycles. The first kappa shape index (κ1) is 18.6. The molecule has 0 radical (unpaired) electrons. The number of likely N-dealkylation sites (tertiary alicyclic amines) is 1. The number of nitrogens with one attached hydrogen (secondary N) is 3. The Morgan fingerprint density at radius 1 is 1.24 bits per heavy atom. The Labute approximate surface area is 170 Å². The molecular weight excluding hydrogens is 394 g/mol. The average Bonchev–Trinajstić information content (AvgIpc) is 3.32. The van der Waals surface area contributed by atoms with E-state index in [1.165, 1.54) is 17.7 Å². The van der Waals surface area contributed by atoms with Gasteiger partial charge in [0.1, 0.15) is 11.1 Å². The number of ether oxygens (including phenoxy) is 1. The summed E-state index contributed by atoms with van der Waals surface area (Å²) in [6.07, 6.45) is 3.78. The molecule has 10 heteroatoms. The number of amides is 3. The van der Waals surface area contributed by atoms with Gasteiger partial charge in [0.05, 0.1) is 16.6 Å². The summed E-state index contributed by atoms with van der Waals surface area (Å²) in [6.45, 7) is 3.75. The Balaban J connectivity index is 1.30. The number of fused-ring (bicyclic) bond motifs is 2. The first-order valence-electron chi connectivity index (χ1n) is 9.97. The Bertz CT molecular complexity index is 1030. The number of nitrogens with zero attached hydrogens (tertiary/aromatic N) is 2. The lowest BCUT2D eigenvalue weighted by molar-refractivity contribution is 0.0300. The number of aromatic nitrogens is 2. The Morgan fingerprint density at radius 3 is 2.79 bits per heavy atom. The van der Waals surface area contributed by atoms with Crippen molar-refractivity contribution in [1.29, 1.82) is 0 Å². The monoisotopic (exact) mass is 417 g/mol. The van der Waals surface area contributed by atoms with Crippen LogP contribution in [0.25, 0.3) is 10.2 Å². The summed E-state index contributed by atoms with van der Waals surface area (Å²) < 4.78 is 5.65. The second-order valence-corrected chi connectivity index (χ2v) is 8.98. The molecule has 3 aliphatic heterocycles. The third-order valence-electron chi connectivity index (χ3n) is 6.43. The Morgan fingerprint density at radius 2 is 2.03 bits per heavy atom.